The van der Waals surface area contributed by atoms with Gasteiger partial charge in [0, 0.05) is 19.1 Å². The van der Waals surface area contributed by atoms with E-state index in [1.54, 1.807) is 7.11 Å². The lowest BCUT2D eigenvalue weighted by atomic mass is 10.1. The van der Waals surface area contributed by atoms with Gasteiger partial charge in [0.25, 0.3) is 0 Å². The molecule has 0 rings (SSSR count). The largest absolute Gasteiger partial charge is 0.382 e. The second-order valence-electron chi connectivity index (χ2n) is 3.75. The zero-order valence-electron chi connectivity index (χ0n) is 10.5. The summed E-state index contributed by atoms with van der Waals surface area (Å²) >= 11 is 6.08. The third kappa shape index (κ3) is 12.2. The molecule has 0 aromatic carbocycles. The topological polar surface area (TPSA) is 27.7 Å². The summed E-state index contributed by atoms with van der Waals surface area (Å²) in [6, 6.07) is 0. The second-order valence-corrected chi connectivity index (χ2v) is 4.36. The van der Waals surface area contributed by atoms with Crippen molar-refractivity contribution >= 4 is 11.6 Å². The Labute approximate surface area is 104 Å². The molecule has 0 aliphatic heterocycles. The van der Waals surface area contributed by atoms with Crippen molar-refractivity contribution in [3.63, 3.8) is 0 Å². The third-order valence-corrected chi connectivity index (χ3v) is 2.65. The van der Waals surface area contributed by atoms with Crippen molar-refractivity contribution in [1.29, 1.82) is 0 Å². The summed E-state index contributed by atoms with van der Waals surface area (Å²) in [6.45, 7) is 5.52. The summed E-state index contributed by atoms with van der Waals surface area (Å²) in [5.74, 6) is 0. The fourth-order valence-electron chi connectivity index (χ4n) is 1.33. The fraction of sp³-hybridized carbons (Fsp3) is 1.00. The van der Waals surface area contributed by atoms with Crippen LogP contribution in [0.15, 0.2) is 0 Å². The highest BCUT2D eigenvalue weighted by Gasteiger charge is 2.01. The number of methoxy groups -OCH3 is 1. The fourth-order valence-corrected chi connectivity index (χ4v) is 1.70. The van der Waals surface area contributed by atoms with Crippen molar-refractivity contribution in [3.8, 4) is 0 Å². The molecule has 0 N–H and O–H groups in total. The molecule has 98 valence electrons. The molecular formula is C12H25ClO3. The summed E-state index contributed by atoms with van der Waals surface area (Å²) in [7, 11) is 1.67. The van der Waals surface area contributed by atoms with Crippen LogP contribution >= 0.6 is 11.6 Å². The molecule has 0 aromatic heterocycles. The molecular weight excluding hydrogens is 228 g/mol. The Bertz CT molecular complexity index is 133. The van der Waals surface area contributed by atoms with E-state index in [0.29, 0.717) is 31.8 Å². The van der Waals surface area contributed by atoms with E-state index in [4.69, 9.17) is 25.8 Å². The van der Waals surface area contributed by atoms with Crippen molar-refractivity contribution < 1.29 is 14.2 Å². The maximum atomic E-state index is 6.08. The molecule has 0 spiro atoms. The molecule has 1 atom stereocenters. The van der Waals surface area contributed by atoms with Crippen LogP contribution in [0.25, 0.3) is 0 Å². The van der Waals surface area contributed by atoms with Crippen molar-refractivity contribution in [2.75, 3.05) is 40.1 Å². The number of hydrogen-bond acceptors (Lipinski definition) is 3. The highest BCUT2D eigenvalue weighted by Crippen LogP contribution is 2.11. The van der Waals surface area contributed by atoms with Crippen LogP contribution in [0, 0.1) is 0 Å². The Hall–Kier alpha value is 0.170. The molecule has 0 fully saturated rings. The smallest absolute Gasteiger partial charge is 0.0701 e. The minimum absolute atomic E-state index is 0.312. The first-order chi connectivity index (χ1) is 7.81. The Morgan fingerprint density at radius 3 is 2.19 bits per heavy atom. The maximum Gasteiger partial charge on any atom is 0.0701 e. The predicted octanol–water partition coefficient (Wildman–Crippen LogP) is 2.85. The van der Waals surface area contributed by atoms with E-state index in [-0.39, 0.29) is 0 Å². The molecule has 0 saturated heterocycles. The van der Waals surface area contributed by atoms with Crippen LogP contribution in [0.4, 0.5) is 0 Å². The first kappa shape index (κ1) is 16.2. The summed E-state index contributed by atoms with van der Waals surface area (Å²) in [6.07, 6.45) is 4.33. The van der Waals surface area contributed by atoms with E-state index in [1.165, 1.54) is 0 Å². The van der Waals surface area contributed by atoms with Gasteiger partial charge in [-0.1, -0.05) is 13.3 Å². The zero-order valence-corrected chi connectivity index (χ0v) is 11.3. The first-order valence-corrected chi connectivity index (χ1v) is 6.53. The Balaban J connectivity index is 2.98. The lowest BCUT2D eigenvalue weighted by molar-refractivity contribution is 0.0240. The van der Waals surface area contributed by atoms with Crippen molar-refractivity contribution in [2.24, 2.45) is 0 Å². The van der Waals surface area contributed by atoms with Crippen LogP contribution in [0.1, 0.15) is 32.6 Å². The number of halogens is 1. The molecule has 0 amide bonds. The Morgan fingerprint density at radius 1 is 0.938 bits per heavy atom. The number of ether oxygens (including phenoxy) is 3. The van der Waals surface area contributed by atoms with Crippen molar-refractivity contribution in [1.82, 2.24) is 0 Å². The van der Waals surface area contributed by atoms with Crippen molar-refractivity contribution in [3.05, 3.63) is 0 Å². The van der Waals surface area contributed by atoms with Crippen LogP contribution in [-0.2, 0) is 14.2 Å². The summed E-state index contributed by atoms with van der Waals surface area (Å²) in [4.78, 5) is 0. The van der Waals surface area contributed by atoms with Gasteiger partial charge in [-0.15, -0.1) is 11.6 Å². The molecule has 0 bridgehead atoms. The third-order valence-electron chi connectivity index (χ3n) is 2.21. The van der Waals surface area contributed by atoms with Crippen LogP contribution < -0.4 is 0 Å². The average molecular weight is 253 g/mol. The molecule has 16 heavy (non-hydrogen) atoms. The van der Waals surface area contributed by atoms with E-state index in [0.717, 1.165) is 32.3 Å². The van der Waals surface area contributed by atoms with Gasteiger partial charge >= 0.3 is 0 Å². The quantitative estimate of drug-likeness (QED) is 0.395. The maximum absolute atomic E-state index is 6.08. The van der Waals surface area contributed by atoms with Gasteiger partial charge in [0.05, 0.1) is 26.4 Å². The normalized spacial score (nSPS) is 12.9. The van der Waals surface area contributed by atoms with Crippen molar-refractivity contribution in [2.45, 2.75) is 38.0 Å². The van der Waals surface area contributed by atoms with E-state index in [9.17, 15) is 0 Å². The first-order valence-electron chi connectivity index (χ1n) is 6.09. The average Bonchev–Trinajstić information content (AvgIpc) is 2.27. The van der Waals surface area contributed by atoms with E-state index in [2.05, 4.69) is 6.92 Å². The van der Waals surface area contributed by atoms with Gasteiger partial charge in [-0.2, -0.15) is 0 Å². The minimum atomic E-state index is 0.312. The van der Waals surface area contributed by atoms with Crippen LogP contribution in [0.2, 0.25) is 0 Å². The molecule has 0 aromatic rings. The van der Waals surface area contributed by atoms with Gasteiger partial charge in [-0.05, 0) is 19.3 Å². The number of hydrogen-bond donors (Lipinski definition) is 0. The molecule has 0 radical (unpaired) electrons. The van der Waals surface area contributed by atoms with Crippen LogP contribution in [0.5, 0.6) is 0 Å². The molecule has 0 saturated carbocycles. The highest BCUT2D eigenvalue weighted by atomic mass is 35.5. The summed E-state index contributed by atoms with van der Waals surface area (Å²) in [5.41, 5.74) is 0. The number of rotatable bonds is 12. The Morgan fingerprint density at radius 2 is 1.56 bits per heavy atom. The second kappa shape index (κ2) is 13.2. The van der Waals surface area contributed by atoms with Gasteiger partial charge in [-0.25, -0.2) is 0 Å². The summed E-state index contributed by atoms with van der Waals surface area (Å²) < 4.78 is 15.5. The van der Waals surface area contributed by atoms with Gasteiger partial charge in [0.15, 0.2) is 0 Å². The standard InChI is InChI=1S/C12H25ClO3/c1-3-5-12(13)6-4-7-15-10-11-16-9-8-14-2/h12H,3-11H2,1-2H3. The zero-order chi connectivity index (χ0) is 12.1. The Kier molecular flexibility index (Phi) is 13.4. The van der Waals surface area contributed by atoms with E-state index < -0.39 is 0 Å². The molecule has 3 nitrogen and oxygen atoms in total. The van der Waals surface area contributed by atoms with Gasteiger partial charge in [-0.3, -0.25) is 0 Å². The van der Waals surface area contributed by atoms with Gasteiger partial charge < -0.3 is 14.2 Å². The number of alkyl halides is 1. The van der Waals surface area contributed by atoms with E-state index in [1.807, 2.05) is 0 Å². The van der Waals surface area contributed by atoms with Crippen LogP contribution in [0.3, 0.4) is 0 Å². The SMILES string of the molecule is CCCC(Cl)CCCOCCOCCOC. The highest BCUT2D eigenvalue weighted by molar-refractivity contribution is 6.20. The molecule has 1 unspecified atom stereocenters. The lowest BCUT2D eigenvalue weighted by Crippen LogP contribution is -2.09. The van der Waals surface area contributed by atoms with E-state index >= 15 is 0 Å². The molecule has 0 aliphatic carbocycles. The van der Waals surface area contributed by atoms with Crippen LogP contribution in [-0.4, -0.2) is 45.5 Å². The molecule has 0 aliphatic rings. The molecule has 4 heteroatoms. The molecule has 0 heterocycles. The monoisotopic (exact) mass is 252 g/mol. The van der Waals surface area contributed by atoms with Gasteiger partial charge in [0.2, 0.25) is 0 Å². The van der Waals surface area contributed by atoms with Gasteiger partial charge in [0.1, 0.15) is 0 Å². The predicted molar refractivity (Wildman–Crippen MR) is 67.3 cm³/mol. The summed E-state index contributed by atoms with van der Waals surface area (Å²) in [5, 5.41) is 0.312. The lowest BCUT2D eigenvalue weighted by Gasteiger charge is -2.08. The minimum Gasteiger partial charge on any atom is -0.382 e.